The van der Waals surface area contributed by atoms with Gasteiger partial charge in [-0.2, -0.15) is 4.98 Å². The van der Waals surface area contributed by atoms with Crippen molar-refractivity contribution in [3.8, 4) is 0 Å². The van der Waals surface area contributed by atoms with Crippen molar-refractivity contribution in [1.29, 1.82) is 0 Å². The molecule has 2 aliphatic heterocycles. The van der Waals surface area contributed by atoms with E-state index in [1.807, 2.05) is 48.5 Å². The van der Waals surface area contributed by atoms with E-state index < -0.39 is 0 Å². The van der Waals surface area contributed by atoms with Crippen molar-refractivity contribution in [3.63, 3.8) is 0 Å². The molecule has 0 aliphatic carbocycles. The molecule has 7 heteroatoms. The average Bonchev–Trinajstić information content (AvgIpc) is 3.17. The zero-order chi connectivity index (χ0) is 19.1. The second kappa shape index (κ2) is 6.67. The van der Waals surface area contributed by atoms with Gasteiger partial charge in [-0.3, -0.25) is 9.59 Å². The third-order valence-electron chi connectivity index (χ3n) is 5.43. The van der Waals surface area contributed by atoms with E-state index >= 15 is 0 Å². The van der Waals surface area contributed by atoms with Crippen LogP contribution in [0.2, 0.25) is 0 Å². The molecule has 0 unspecified atom stereocenters. The Morgan fingerprint density at radius 1 is 1.07 bits per heavy atom. The van der Waals surface area contributed by atoms with E-state index in [1.165, 1.54) is 0 Å². The van der Waals surface area contributed by atoms with Crippen LogP contribution in [0.5, 0.6) is 0 Å². The number of nitrogens with one attached hydrogen (secondary N) is 1. The highest BCUT2D eigenvalue weighted by molar-refractivity contribution is 6.10. The number of carbonyl (C=O) groups excluding carboxylic acids is 2. The Morgan fingerprint density at radius 2 is 1.82 bits per heavy atom. The van der Waals surface area contributed by atoms with Gasteiger partial charge < -0.3 is 19.5 Å². The summed E-state index contributed by atoms with van der Waals surface area (Å²) >= 11 is 0. The van der Waals surface area contributed by atoms with E-state index in [-0.39, 0.29) is 24.3 Å². The van der Waals surface area contributed by atoms with Gasteiger partial charge >= 0.3 is 0 Å². The average molecular weight is 376 g/mol. The maximum atomic E-state index is 13.1. The van der Waals surface area contributed by atoms with Crippen LogP contribution in [0, 0.1) is 5.92 Å². The number of anilines is 3. The fourth-order valence-electron chi connectivity index (χ4n) is 3.96. The molecule has 142 valence electrons. The molecule has 3 aromatic rings. The smallest absolute Gasteiger partial charge is 0.298 e. The number of aromatic nitrogens is 1. The summed E-state index contributed by atoms with van der Waals surface area (Å²) in [6.45, 7) is 1.47. The molecule has 0 atom stereocenters. The van der Waals surface area contributed by atoms with E-state index in [4.69, 9.17) is 4.42 Å². The maximum Gasteiger partial charge on any atom is 0.298 e. The quantitative estimate of drug-likeness (QED) is 0.744. The molecule has 1 saturated heterocycles. The minimum Gasteiger partial charge on any atom is -0.423 e. The van der Waals surface area contributed by atoms with Gasteiger partial charge in [-0.25, -0.2) is 0 Å². The Labute approximate surface area is 161 Å². The molecule has 2 amide bonds. The van der Waals surface area contributed by atoms with Crippen LogP contribution >= 0.6 is 0 Å². The second-order valence-corrected chi connectivity index (χ2v) is 7.22. The van der Waals surface area contributed by atoms with Crippen molar-refractivity contribution in [2.24, 2.45) is 5.92 Å². The first kappa shape index (κ1) is 16.8. The van der Waals surface area contributed by atoms with Crippen molar-refractivity contribution >= 4 is 40.3 Å². The third-order valence-corrected chi connectivity index (χ3v) is 5.43. The number of amides is 2. The maximum absolute atomic E-state index is 13.1. The molecule has 2 aromatic carbocycles. The zero-order valence-electron chi connectivity index (χ0n) is 15.3. The number of fused-ring (bicyclic) bond motifs is 2. The summed E-state index contributed by atoms with van der Waals surface area (Å²) in [5.74, 6) is -0.255. The lowest BCUT2D eigenvalue weighted by Gasteiger charge is -2.35. The van der Waals surface area contributed by atoms with Crippen molar-refractivity contribution in [1.82, 2.24) is 4.98 Å². The molecular weight excluding hydrogens is 356 g/mol. The number of hydrogen-bond acceptors (Lipinski definition) is 5. The van der Waals surface area contributed by atoms with Crippen molar-refractivity contribution in [2.75, 3.05) is 34.8 Å². The highest BCUT2D eigenvalue weighted by Crippen LogP contribution is 2.32. The van der Waals surface area contributed by atoms with Crippen LogP contribution in [0.3, 0.4) is 0 Å². The largest absolute Gasteiger partial charge is 0.423 e. The number of benzene rings is 2. The van der Waals surface area contributed by atoms with Gasteiger partial charge in [0.25, 0.3) is 6.01 Å². The summed E-state index contributed by atoms with van der Waals surface area (Å²) < 4.78 is 5.85. The van der Waals surface area contributed by atoms with Crippen LogP contribution in [0.4, 0.5) is 17.4 Å². The van der Waals surface area contributed by atoms with Gasteiger partial charge in [0.1, 0.15) is 12.1 Å². The van der Waals surface area contributed by atoms with Crippen molar-refractivity contribution in [2.45, 2.75) is 12.8 Å². The number of para-hydroxylation sites is 4. The van der Waals surface area contributed by atoms with Crippen LogP contribution in [0.25, 0.3) is 11.1 Å². The highest BCUT2D eigenvalue weighted by atomic mass is 16.4. The first-order chi connectivity index (χ1) is 13.7. The lowest BCUT2D eigenvalue weighted by molar-refractivity contribution is -0.125. The molecular formula is C21H20N4O3. The first-order valence-corrected chi connectivity index (χ1v) is 9.50. The minimum atomic E-state index is -0.157. The minimum absolute atomic E-state index is 0.0134. The van der Waals surface area contributed by atoms with Gasteiger partial charge in [0.05, 0.1) is 11.4 Å². The topological polar surface area (TPSA) is 78.7 Å². The Bertz CT molecular complexity index is 1020. The van der Waals surface area contributed by atoms with Gasteiger partial charge in [-0.05, 0) is 37.1 Å². The van der Waals surface area contributed by atoms with Gasteiger partial charge in [-0.1, -0.05) is 24.3 Å². The van der Waals surface area contributed by atoms with Gasteiger partial charge in [0.2, 0.25) is 11.8 Å². The normalized spacial score (nSPS) is 17.5. The lowest BCUT2D eigenvalue weighted by Crippen LogP contribution is -2.47. The number of hydrogen-bond donors (Lipinski definition) is 1. The number of oxazole rings is 1. The predicted molar refractivity (Wildman–Crippen MR) is 106 cm³/mol. The Morgan fingerprint density at radius 3 is 2.64 bits per heavy atom. The number of piperidine rings is 1. The Hall–Kier alpha value is -3.35. The molecule has 0 radical (unpaired) electrons. The summed E-state index contributed by atoms with van der Waals surface area (Å²) in [5, 5.41) is 2.83. The molecule has 7 nitrogen and oxygen atoms in total. The van der Waals surface area contributed by atoms with Crippen LogP contribution < -0.4 is 15.1 Å². The van der Waals surface area contributed by atoms with Gasteiger partial charge in [0, 0.05) is 19.0 Å². The monoisotopic (exact) mass is 376 g/mol. The summed E-state index contributed by atoms with van der Waals surface area (Å²) in [7, 11) is 0. The van der Waals surface area contributed by atoms with E-state index in [9.17, 15) is 9.59 Å². The van der Waals surface area contributed by atoms with Gasteiger partial charge in [0.15, 0.2) is 5.58 Å². The van der Waals surface area contributed by atoms with E-state index in [1.54, 1.807) is 4.90 Å². The summed E-state index contributed by atoms with van der Waals surface area (Å²) in [5.41, 5.74) is 3.07. The summed E-state index contributed by atoms with van der Waals surface area (Å²) in [4.78, 5) is 33.4. The third kappa shape index (κ3) is 2.89. The SMILES string of the molecule is O=C1CN(C(=O)C2CCN(c3nc4ccccc4o3)CC2)c2ccccc2N1. The molecule has 0 bridgehead atoms. The number of carbonyl (C=O) groups is 2. The first-order valence-electron chi connectivity index (χ1n) is 9.50. The Balaban J connectivity index is 1.30. The molecule has 2 aliphatic rings. The fourth-order valence-corrected chi connectivity index (χ4v) is 3.96. The zero-order valence-corrected chi connectivity index (χ0v) is 15.3. The van der Waals surface area contributed by atoms with E-state index in [2.05, 4.69) is 15.2 Å². The van der Waals surface area contributed by atoms with Crippen LogP contribution in [0.15, 0.2) is 52.9 Å². The molecule has 3 heterocycles. The predicted octanol–water partition coefficient (Wildman–Crippen LogP) is 3.03. The van der Waals surface area contributed by atoms with Crippen LogP contribution in [0.1, 0.15) is 12.8 Å². The van der Waals surface area contributed by atoms with Crippen LogP contribution in [-0.2, 0) is 9.59 Å². The molecule has 1 N–H and O–H groups in total. The molecule has 5 rings (SSSR count). The summed E-state index contributed by atoms with van der Waals surface area (Å²) in [6, 6.07) is 15.7. The number of rotatable bonds is 2. The Kier molecular flexibility index (Phi) is 4.00. The summed E-state index contributed by atoms with van der Waals surface area (Å²) in [6.07, 6.45) is 1.41. The van der Waals surface area contributed by atoms with E-state index in [0.29, 0.717) is 37.6 Å². The molecule has 28 heavy (non-hydrogen) atoms. The molecule has 0 spiro atoms. The highest BCUT2D eigenvalue weighted by Gasteiger charge is 2.34. The van der Waals surface area contributed by atoms with Crippen molar-refractivity contribution in [3.05, 3.63) is 48.5 Å². The molecule has 1 fully saturated rings. The van der Waals surface area contributed by atoms with Crippen LogP contribution in [-0.4, -0.2) is 36.4 Å². The molecule has 1 aromatic heterocycles. The van der Waals surface area contributed by atoms with Crippen molar-refractivity contribution < 1.29 is 14.0 Å². The number of nitrogens with zero attached hydrogens (tertiary/aromatic N) is 3. The fraction of sp³-hybridized carbons (Fsp3) is 0.286. The van der Waals surface area contributed by atoms with Gasteiger partial charge in [-0.15, -0.1) is 0 Å². The van der Waals surface area contributed by atoms with E-state index in [0.717, 1.165) is 16.8 Å². The standard InChI is InChI=1S/C21H20N4O3/c26-19-13-25(17-7-3-1-5-15(17)22-19)20(27)14-9-11-24(12-10-14)21-23-16-6-2-4-8-18(16)28-21/h1-8,14H,9-13H2,(H,22,26). The lowest BCUT2D eigenvalue weighted by atomic mass is 9.94. The molecule has 0 saturated carbocycles. The second-order valence-electron chi connectivity index (χ2n) is 7.22.